The second-order valence-electron chi connectivity index (χ2n) is 2.69. The van der Waals surface area contributed by atoms with Crippen molar-refractivity contribution in [2.45, 2.75) is 6.54 Å². The summed E-state index contributed by atoms with van der Waals surface area (Å²) in [4.78, 5) is 4.03. The highest BCUT2D eigenvalue weighted by molar-refractivity contribution is 5.96. The maximum absolute atomic E-state index is 5.16. The molecule has 3 nitrogen and oxygen atoms in total. The van der Waals surface area contributed by atoms with Gasteiger partial charge in [0, 0.05) is 12.7 Å². The van der Waals surface area contributed by atoms with Gasteiger partial charge in [-0.15, -0.1) is 0 Å². The summed E-state index contributed by atoms with van der Waals surface area (Å²) in [6.07, 6.45) is 4.87. The number of hydrogen-bond donors (Lipinski definition) is 1. The zero-order valence-electron chi connectivity index (χ0n) is 8.07. The van der Waals surface area contributed by atoms with Crippen LogP contribution in [-0.4, -0.2) is 12.3 Å². The van der Waals surface area contributed by atoms with E-state index in [2.05, 4.69) is 23.5 Å². The molecule has 0 fully saturated rings. The zero-order valence-corrected chi connectivity index (χ0v) is 8.07. The largest absolute Gasteiger partial charge is 0.468 e. The SMILES string of the molecule is C=CN=C(C=C)CNCc1ccco1. The Labute approximate surface area is 83.8 Å². The fourth-order valence-corrected chi connectivity index (χ4v) is 1.01. The third-order valence-corrected chi connectivity index (χ3v) is 1.68. The lowest BCUT2D eigenvalue weighted by Gasteiger charge is -2.01. The molecule has 0 radical (unpaired) electrons. The minimum Gasteiger partial charge on any atom is -0.468 e. The van der Waals surface area contributed by atoms with Crippen molar-refractivity contribution in [3.63, 3.8) is 0 Å². The maximum atomic E-state index is 5.16. The van der Waals surface area contributed by atoms with Crippen molar-refractivity contribution in [3.8, 4) is 0 Å². The van der Waals surface area contributed by atoms with E-state index in [0.717, 1.165) is 11.5 Å². The van der Waals surface area contributed by atoms with Crippen LogP contribution in [0.1, 0.15) is 5.76 Å². The van der Waals surface area contributed by atoms with Crippen molar-refractivity contribution < 1.29 is 4.42 Å². The van der Waals surface area contributed by atoms with Gasteiger partial charge in [-0.2, -0.15) is 0 Å². The van der Waals surface area contributed by atoms with Crippen LogP contribution >= 0.6 is 0 Å². The molecule has 0 saturated carbocycles. The summed E-state index contributed by atoms with van der Waals surface area (Å²) in [6, 6.07) is 3.79. The van der Waals surface area contributed by atoms with E-state index in [-0.39, 0.29) is 0 Å². The maximum Gasteiger partial charge on any atom is 0.117 e. The standard InChI is InChI=1S/C11H14N2O/c1-3-10(13-4-2)8-12-9-11-6-5-7-14-11/h3-7,12H,1-2,8-9H2. The van der Waals surface area contributed by atoms with Gasteiger partial charge in [-0.05, 0) is 18.2 Å². The molecule has 1 N–H and O–H groups in total. The minimum absolute atomic E-state index is 0.663. The number of furan rings is 1. The van der Waals surface area contributed by atoms with Crippen molar-refractivity contribution in [2.75, 3.05) is 6.54 Å². The Morgan fingerprint density at radius 3 is 3.00 bits per heavy atom. The summed E-state index contributed by atoms with van der Waals surface area (Å²) in [6.45, 7) is 8.53. The molecule has 1 aromatic heterocycles. The van der Waals surface area contributed by atoms with Crippen LogP contribution in [0.15, 0.2) is 53.2 Å². The van der Waals surface area contributed by atoms with Crippen LogP contribution in [0.2, 0.25) is 0 Å². The lowest BCUT2D eigenvalue weighted by molar-refractivity contribution is 0.492. The highest BCUT2D eigenvalue weighted by Crippen LogP contribution is 1.98. The van der Waals surface area contributed by atoms with Crippen molar-refractivity contribution >= 4 is 5.71 Å². The summed E-state index contributed by atoms with van der Waals surface area (Å²) in [5.74, 6) is 0.909. The lowest BCUT2D eigenvalue weighted by atomic mass is 10.3. The minimum atomic E-state index is 0.663. The van der Waals surface area contributed by atoms with Gasteiger partial charge in [0.2, 0.25) is 0 Å². The van der Waals surface area contributed by atoms with Gasteiger partial charge >= 0.3 is 0 Å². The van der Waals surface area contributed by atoms with Crippen molar-refractivity contribution in [2.24, 2.45) is 4.99 Å². The van der Waals surface area contributed by atoms with Gasteiger partial charge in [0.05, 0.1) is 18.5 Å². The molecule has 0 amide bonds. The topological polar surface area (TPSA) is 37.5 Å². The lowest BCUT2D eigenvalue weighted by Crippen LogP contribution is -2.20. The molecule has 0 aliphatic heterocycles. The first-order valence-corrected chi connectivity index (χ1v) is 4.40. The predicted octanol–water partition coefficient (Wildman–Crippen LogP) is 2.14. The normalized spacial score (nSPS) is 11.3. The van der Waals surface area contributed by atoms with E-state index in [9.17, 15) is 0 Å². The van der Waals surface area contributed by atoms with Gasteiger partial charge in [0.1, 0.15) is 5.76 Å². The van der Waals surface area contributed by atoms with Gasteiger partial charge in [-0.25, -0.2) is 0 Å². The van der Waals surface area contributed by atoms with Crippen molar-refractivity contribution in [1.29, 1.82) is 0 Å². The number of rotatable bonds is 6. The molecule has 1 heterocycles. The molecule has 0 aliphatic rings. The van der Waals surface area contributed by atoms with Gasteiger partial charge in [-0.1, -0.05) is 13.2 Å². The van der Waals surface area contributed by atoms with Gasteiger partial charge in [0.25, 0.3) is 0 Å². The quantitative estimate of drug-likeness (QED) is 0.698. The first-order chi connectivity index (χ1) is 6.86. The average Bonchev–Trinajstić information content (AvgIpc) is 2.69. The molecule has 0 aromatic carbocycles. The van der Waals surface area contributed by atoms with Crippen molar-refractivity contribution in [3.05, 3.63) is 49.6 Å². The Bertz CT molecular complexity index is 312. The third kappa shape index (κ3) is 3.41. The smallest absolute Gasteiger partial charge is 0.117 e. The Kier molecular flexibility index (Phi) is 4.44. The van der Waals surface area contributed by atoms with E-state index in [1.54, 1.807) is 12.3 Å². The molecule has 0 spiro atoms. The van der Waals surface area contributed by atoms with Crippen LogP contribution in [0.3, 0.4) is 0 Å². The monoisotopic (exact) mass is 190 g/mol. The van der Waals surface area contributed by atoms with E-state index in [4.69, 9.17) is 4.42 Å². The average molecular weight is 190 g/mol. The number of nitrogens with one attached hydrogen (secondary N) is 1. The molecule has 0 atom stereocenters. The van der Waals surface area contributed by atoms with Crippen LogP contribution < -0.4 is 5.32 Å². The summed E-state index contributed by atoms with van der Waals surface area (Å²) in [5.41, 5.74) is 0.867. The van der Waals surface area contributed by atoms with Crippen LogP contribution in [0, 0.1) is 0 Å². The van der Waals surface area contributed by atoms with Gasteiger partial charge < -0.3 is 9.73 Å². The highest BCUT2D eigenvalue weighted by atomic mass is 16.3. The van der Waals surface area contributed by atoms with Gasteiger partial charge in [0.15, 0.2) is 0 Å². The van der Waals surface area contributed by atoms with Gasteiger partial charge in [-0.3, -0.25) is 4.99 Å². The highest BCUT2D eigenvalue weighted by Gasteiger charge is 1.95. The number of nitrogens with zero attached hydrogens (tertiary/aromatic N) is 1. The van der Waals surface area contributed by atoms with Crippen LogP contribution in [-0.2, 0) is 6.54 Å². The van der Waals surface area contributed by atoms with E-state index >= 15 is 0 Å². The van der Waals surface area contributed by atoms with E-state index in [1.807, 2.05) is 12.1 Å². The van der Waals surface area contributed by atoms with E-state index in [1.165, 1.54) is 6.20 Å². The van der Waals surface area contributed by atoms with E-state index in [0.29, 0.717) is 13.1 Å². The Balaban J connectivity index is 2.30. The summed E-state index contributed by atoms with van der Waals surface area (Å²) in [7, 11) is 0. The van der Waals surface area contributed by atoms with E-state index < -0.39 is 0 Å². The Morgan fingerprint density at radius 2 is 2.43 bits per heavy atom. The fraction of sp³-hybridized carbons (Fsp3) is 0.182. The molecule has 0 aliphatic carbocycles. The molecule has 74 valence electrons. The Morgan fingerprint density at radius 1 is 1.57 bits per heavy atom. The summed E-state index contributed by atoms with van der Waals surface area (Å²) < 4.78 is 5.16. The molecule has 1 aromatic rings. The second kappa shape index (κ2) is 5.94. The van der Waals surface area contributed by atoms with Crippen molar-refractivity contribution in [1.82, 2.24) is 5.32 Å². The van der Waals surface area contributed by atoms with Crippen LogP contribution in [0.4, 0.5) is 0 Å². The first-order valence-electron chi connectivity index (χ1n) is 4.40. The predicted molar refractivity (Wildman–Crippen MR) is 58.2 cm³/mol. The molecular weight excluding hydrogens is 176 g/mol. The Hall–Kier alpha value is -1.61. The fourth-order valence-electron chi connectivity index (χ4n) is 1.01. The molecule has 14 heavy (non-hydrogen) atoms. The van der Waals surface area contributed by atoms with Crippen LogP contribution in [0.25, 0.3) is 0 Å². The summed E-state index contributed by atoms with van der Waals surface area (Å²) >= 11 is 0. The third-order valence-electron chi connectivity index (χ3n) is 1.68. The summed E-state index contributed by atoms with van der Waals surface area (Å²) in [5, 5.41) is 3.18. The molecular formula is C11H14N2O. The molecule has 3 heteroatoms. The van der Waals surface area contributed by atoms with Crippen LogP contribution in [0.5, 0.6) is 0 Å². The molecule has 0 saturated heterocycles. The second-order valence-corrected chi connectivity index (χ2v) is 2.69. The number of hydrogen-bond acceptors (Lipinski definition) is 3. The zero-order chi connectivity index (χ0) is 10.2. The molecule has 1 rings (SSSR count). The molecule has 0 bridgehead atoms. The first kappa shape index (κ1) is 10.5. The number of aliphatic imine (C=N–C) groups is 1. The molecule has 0 unspecified atom stereocenters.